The highest BCUT2D eigenvalue weighted by Crippen LogP contribution is 2.19. The van der Waals surface area contributed by atoms with Crippen LogP contribution in [0.15, 0.2) is 47.4 Å². The molecule has 1 saturated heterocycles. The maximum atomic E-state index is 13.1. The molecule has 1 aromatic carbocycles. The van der Waals surface area contributed by atoms with E-state index in [1.165, 1.54) is 47.2 Å². The van der Waals surface area contributed by atoms with Crippen LogP contribution in [0.2, 0.25) is 0 Å². The van der Waals surface area contributed by atoms with Gasteiger partial charge in [0.2, 0.25) is 5.91 Å². The summed E-state index contributed by atoms with van der Waals surface area (Å²) in [5.74, 6) is -0.626. The molecule has 1 aliphatic heterocycles. The van der Waals surface area contributed by atoms with E-state index in [2.05, 4.69) is 5.32 Å². The number of rotatable bonds is 4. The Bertz CT molecular complexity index is 913. The van der Waals surface area contributed by atoms with E-state index in [9.17, 15) is 18.8 Å². The summed E-state index contributed by atoms with van der Waals surface area (Å²) < 4.78 is 14.5. The van der Waals surface area contributed by atoms with Crippen molar-refractivity contribution in [1.29, 1.82) is 0 Å². The summed E-state index contributed by atoms with van der Waals surface area (Å²) in [6.45, 7) is 4.83. The second-order valence-corrected chi connectivity index (χ2v) is 7.33. The Morgan fingerprint density at radius 1 is 1.07 bits per heavy atom. The van der Waals surface area contributed by atoms with Crippen LogP contribution in [0.3, 0.4) is 0 Å². The third-order valence-electron chi connectivity index (χ3n) is 4.85. The fourth-order valence-electron chi connectivity index (χ4n) is 3.35. The van der Waals surface area contributed by atoms with Crippen molar-refractivity contribution in [3.8, 4) is 5.69 Å². The monoisotopic (exact) mass is 385 g/mol. The molecule has 0 bridgehead atoms. The molecule has 3 rings (SSSR count). The standard InChI is InChI=1S/C21H24FN3O3/c1-14(2)23-20(27)15-9-11-24(12-10-15)21(28)16-3-8-19(26)25(13-16)18-6-4-17(22)5-7-18/h3-8,13-15H,9-12H2,1-2H3,(H,23,27). The average molecular weight is 385 g/mol. The minimum atomic E-state index is -0.395. The molecule has 0 saturated carbocycles. The number of piperidine rings is 1. The molecule has 1 aromatic heterocycles. The smallest absolute Gasteiger partial charge is 0.255 e. The lowest BCUT2D eigenvalue weighted by molar-refractivity contribution is -0.126. The van der Waals surface area contributed by atoms with Crippen molar-refractivity contribution in [3.63, 3.8) is 0 Å². The van der Waals surface area contributed by atoms with E-state index in [1.54, 1.807) is 4.90 Å². The average Bonchev–Trinajstić information content (AvgIpc) is 2.68. The van der Waals surface area contributed by atoms with Crippen molar-refractivity contribution < 1.29 is 14.0 Å². The Balaban J connectivity index is 1.72. The van der Waals surface area contributed by atoms with Gasteiger partial charge in [-0.05, 0) is 57.0 Å². The molecular formula is C21H24FN3O3. The number of carbonyl (C=O) groups excluding carboxylic acids is 2. The largest absolute Gasteiger partial charge is 0.354 e. The second-order valence-electron chi connectivity index (χ2n) is 7.33. The van der Waals surface area contributed by atoms with Crippen LogP contribution < -0.4 is 10.9 Å². The molecule has 0 spiro atoms. The van der Waals surface area contributed by atoms with Gasteiger partial charge in [-0.2, -0.15) is 0 Å². The van der Waals surface area contributed by atoms with E-state index in [0.29, 0.717) is 37.2 Å². The molecule has 1 fully saturated rings. The first kappa shape index (κ1) is 19.8. The number of aromatic nitrogens is 1. The molecule has 148 valence electrons. The van der Waals surface area contributed by atoms with Crippen molar-refractivity contribution >= 4 is 11.8 Å². The van der Waals surface area contributed by atoms with Crippen LogP contribution in [0.1, 0.15) is 37.0 Å². The summed E-state index contributed by atoms with van der Waals surface area (Å²) in [4.78, 5) is 38.9. The Labute approximate surface area is 163 Å². The van der Waals surface area contributed by atoms with Crippen LogP contribution in [0.25, 0.3) is 5.69 Å². The number of benzene rings is 1. The highest BCUT2D eigenvalue weighted by atomic mass is 19.1. The van der Waals surface area contributed by atoms with Gasteiger partial charge in [0.25, 0.3) is 11.5 Å². The third kappa shape index (κ3) is 4.47. The first-order valence-electron chi connectivity index (χ1n) is 9.43. The van der Waals surface area contributed by atoms with Crippen molar-refractivity contribution in [2.24, 2.45) is 5.92 Å². The van der Waals surface area contributed by atoms with Gasteiger partial charge in [-0.15, -0.1) is 0 Å². The number of amides is 2. The van der Waals surface area contributed by atoms with E-state index in [0.717, 1.165) is 0 Å². The van der Waals surface area contributed by atoms with Crippen LogP contribution in [-0.4, -0.2) is 40.4 Å². The predicted molar refractivity (Wildman–Crippen MR) is 104 cm³/mol. The van der Waals surface area contributed by atoms with Gasteiger partial charge in [-0.1, -0.05) is 0 Å². The zero-order valence-electron chi connectivity index (χ0n) is 16.0. The molecule has 2 amide bonds. The van der Waals surface area contributed by atoms with Gasteiger partial charge in [-0.3, -0.25) is 19.0 Å². The number of hydrogen-bond acceptors (Lipinski definition) is 3. The van der Waals surface area contributed by atoms with Crippen LogP contribution in [-0.2, 0) is 4.79 Å². The normalized spacial score (nSPS) is 14.9. The maximum absolute atomic E-state index is 13.1. The second kappa shape index (κ2) is 8.37. The fraction of sp³-hybridized carbons (Fsp3) is 0.381. The Kier molecular flexibility index (Phi) is 5.92. The molecule has 2 aromatic rings. The summed E-state index contributed by atoms with van der Waals surface area (Å²) >= 11 is 0. The van der Waals surface area contributed by atoms with Gasteiger partial charge in [0, 0.05) is 43.0 Å². The lowest BCUT2D eigenvalue weighted by Gasteiger charge is -2.31. The van der Waals surface area contributed by atoms with Crippen LogP contribution in [0, 0.1) is 11.7 Å². The number of pyridine rings is 1. The first-order chi connectivity index (χ1) is 13.3. The van der Waals surface area contributed by atoms with Crippen molar-refractivity contribution in [1.82, 2.24) is 14.8 Å². The van der Waals surface area contributed by atoms with Crippen molar-refractivity contribution in [2.75, 3.05) is 13.1 Å². The summed E-state index contributed by atoms with van der Waals surface area (Å²) in [7, 11) is 0. The number of carbonyl (C=O) groups is 2. The number of hydrogen-bond donors (Lipinski definition) is 1. The molecule has 0 aliphatic carbocycles. The number of likely N-dealkylation sites (tertiary alicyclic amines) is 1. The zero-order chi connectivity index (χ0) is 20.3. The van der Waals surface area contributed by atoms with Gasteiger partial charge in [0.05, 0.1) is 5.56 Å². The zero-order valence-corrected chi connectivity index (χ0v) is 16.0. The quantitative estimate of drug-likeness (QED) is 0.878. The molecular weight excluding hydrogens is 361 g/mol. The van der Waals surface area contributed by atoms with Gasteiger partial charge >= 0.3 is 0 Å². The molecule has 0 atom stereocenters. The minimum absolute atomic E-state index is 0.0342. The highest BCUT2D eigenvalue weighted by molar-refractivity contribution is 5.94. The van der Waals surface area contributed by atoms with Gasteiger partial charge in [0.15, 0.2) is 0 Å². The van der Waals surface area contributed by atoms with Crippen molar-refractivity contribution in [3.05, 3.63) is 64.3 Å². The van der Waals surface area contributed by atoms with E-state index in [1.807, 2.05) is 13.8 Å². The Hall–Kier alpha value is -2.96. The van der Waals surface area contributed by atoms with Crippen LogP contribution in [0.4, 0.5) is 4.39 Å². The summed E-state index contributed by atoms with van der Waals surface area (Å²) in [5.41, 5.74) is 0.575. The molecule has 28 heavy (non-hydrogen) atoms. The third-order valence-corrected chi connectivity index (χ3v) is 4.85. The molecule has 1 N–H and O–H groups in total. The molecule has 0 radical (unpaired) electrons. The summed E-state index contributed by atoms with van der Waals surface area (Å²) in [5, 5.41) is 2.92. The first-order valence-corrected chi connectivity index (χ1v) is 9.43. The maximum Gasteiger partial charge on any atom is 0.255 e. The van der Waals surface area contributed by atoms with Gasteiger partial charge in [-0.25, -0.2) is 4.39 Å². The van der Waals surface area contributed by atoms with E-state index in [4.69, 9.17) is 0 Å². The predicted octanol–water partition coefficient (Wildman–Crippen LogP) is 2.35. The summed E-state index contributed by atoms with van der Waals surface area (Å²) in [6, 6.07) is 8.45. The van der Waals surface area contributed by atoms with E-state index < -0.39 is 5.82 Å². The summed E-state index contributed by atoms with van der Waals surface area (Å²) in [6.07, 6.45) is 2.71. The molecule has 0 unspecified atom stereocenters. The Morgan fingerprint density at radius 3 is 2.32 bits per heavy atom. The highest BCUT2D eigenvalue weighted by Gasteiger charge is 2.28. The lowest BCUT2D eigenvalue weighted by atomic mass is 9.95. The fourth-order valence-corrected chi connectivity index (χ4v) is 3.35. The SMILES string of the molecule is CC(C)NC(=O)C1CCN(C(=O)c2ccc(=O)n(-c3ccc(F)cc3)c2)CC1. The van der Waals surface area contributed by atoms with E-state index >= 15 is 0 Å². The van der Waals surface area contributed by atoms with E-state index in [-0.39, 0.29) is 29.3 Å². The van der Waals surface area contributed by atoms with Gasteiger partial charge < -0.3 is 10.2 Å². The number of nitrogens with zero attached hydrogens (tertiary/aromatic N) is 2. The topological polar surface area (TPSA) is 71.4 Å². The molecule has 1 aliphatic rings. The Morgan fingerprint density at radius 2 is 1.71 bits per heavy atom. The molecule has 2 heterocycles. The lowest BCUT2D eigenvalue weighted by Crippen LogP contribution is -2.44. The van der Waals surface area contributed by atoms with Crippen molar-refractivity contribution in [2.45, 2.75) is 32.7 Å². The minimum Gasteiger partial charge on any atom is -0.354 e. The van der Waals surface area contributed by atoms with Crippen LogP contribution in [0.5, 0.6) is 0 Å². The van der Waals surface area contributed by atoms with Crippen LogP contribution >= 0.6 is 0 Å². The molecule has 7 heteroatoms. The number of nitrogens with one attached hydrogen (secondary N) is 1. The number of halogens is 1. The molecule has 6 nitrogen and oxygen atoms in total. The van der Waals surface area contributed by atoms with Gasteiger partial charge in [0.1, 0.15) is 5.82 Å².